The van der Waals surface area contributed by atoms with Gasteiger partial charge in [-0.05, 0) is 52.7 Å². The van der Waals surface area contributed by atoms with Gasteiger partial charge in [0.2, 0.25) is 0 Å². The van der Waals surface area contributed by atoms with Gasteiger partial charge in [0.25, 0.3) is 0 Å². The average Bonchev–Trinajstić information content (AvgIpc) is 2.71. The number of hydrogen-bond donors (Lipinski definition) is 3. The van der Waals surface area contributed by atoms with E-state index in [4.69, 9.17) is 9.47 Å². The van der Waals surface area contributed by atoms with Crippen LogP contribution in [0.5, 0.6) is 0 Å². The zero-order valence-electron chi connectivity index (χ0n) is 19.9. The number of halogens is 1. The number of aromatic nitrogens is 1. The molecular formula is C22H39IN6O3. The molecule has 1 fully saturated rings. The van der Waals surface area contributed by atoms with Crippen molar-refractivity contribution in [3.05, 3.63) is 23.9 Å². The number of morpholine rings is 1. The minimum Gasteiger partial charge on any atom is -0.444 e. The molecule has 0 aromatic carbocycles. The molecule has 1 aromatic heterocycles. The monoisotopic (exact) mass is 562 g/mol. The quantitative estimate of drug-likeness (QED) is 0.194. The lowest BCUT2D eigenvalue weighted by molar-refractivity contribution is 0.0524. The molecule has 32 heavy (non-hydrogen) atoms. The number of carbonyl (C=O) groups is 1. The molecule has 1 unspecified atom stereocenters. The second-order valence-corrected chi connectivity index (χ2v) is 8.56. The number of alkyl carbamates (subject to hydrolysis) is 1. The molecular weight excluding hydrogens is 523 g/mol. The highest BCUT2D eigenvalue weighted by atomic mass is 127. The third-order valence-electron chi connectivity index (χ3n) is 4.45. The first-order valence-corrected chi connectivity index (χ1v) is 11.1. The normalized spacial score (nSPS) is 16.7. The molecule has 3 N–H and O–H groups in total. The van der Waals surface area contributed by atoms with Crippen molar-refractivity contribution in [3.63, 3.8) is 0 Å². The number of anilines is 1. The molecule has 1 aromatic rings. The Morgan fingerprint density at radius 3 is 2.66 bits per heavy atom. The molecule has 1 atom stereocenters. The predicted octanol–water partition coefficient (Wildman–Crippen LogP) is 2.89. The molecule has 182 valence electrons. The number of nitrogens with zero attached hydrogens (tertiary/aromatic N) is 3. The second-order valence-electron chi connectivity index (χ2n) is 8.56. The van der Waals surface area contributed by atoms with E-state index in [2.05, 4.69) is 43.8 Å². The molecule has 0 aliphatic carbocycles. The van der Waals surface area contributed by atoms with Gasteiger partial charge in [-0.15, -0.1) is 24.0 Å². The van der Waals surface area contributed by atoms with E-state index in [0.717, 1.165) is 50.0 Å². The lowest BCUT2D eigenvalue weighted by Gasteiger charge is -2.32. The van der Waals surface area contributed by atoms with Crippen LogP contribution in [0.4, 0.5) is 10.6 Å². The number of nitrogens with one attached hydrogen (secondary N) is 3. The molecule has 0 bridgehead atoms. The van der Waals surface area contributed by atoms with Crippen molar-refractivity contribution in [2.24, 2.45) is 4.99 Å². The highest BCUT2D eigenvalue weighted by Crippen LogP contribution is 2.15. The SMILES string of the molecule is CCNC(=NCc1ccc(N2CCOC(C)C2)nc1)NCCCNC(=O)OC(C)(C)C.I. The maximum absolute atomic E-state index is 11.7. The van der Waals surface area contributed by atoms with Gasteiger partial charge in [0.15, 0.2) is 5.96 Å². The van der Waals surface area contributed by atoms with Crippen molar-refractivity contribution in [2.75, 3.05) is 44.2 Å². The largest absolute Gasteiger partial charge is 0.444 e. The molecule has 10 heteroatoms. The van der Waals surface area contributed by atoms with Gasteiger partial charge in [0, 0.05) is 38.9 Å². The summed E-state index contributed by atoms with van der Waals surface area (Å²) in [5.74, 6) is 1.72. The Morgan fingerprint density at radius 1 is 1.28 bits per heavy atom. The first-order valence-electron chi connectivity index (χ1n) is 11.1. The van der Waals surface area contributed by atoms with Crippen molar-refractivity contribution in [2.45, 2.75) is 59.3 Å². The molecule has 1 saturated heterocycles. The minimum absolute atomic E-state index is 0. The number of pyridine rings is 1. The standard InChI is InChI=1S/C22H38N6O3.HI/c1-6-23-20(24-10-7-11-25-21(29)31-22(3,4)5)27-15-18-8-9-19(26-14-18)28-12-13-30-17(2)16-28;/h8-9,14,17H,6-7,10-13,15-16H2,1-5H3,(H,25,29)(H2,23,24,27);1H. The third-order valence-corrected chi connectivity index (χ3v) is 4.45. The first kappa shape index (κ1) is 28.2. The summed E-state index contributed by atoms with van der Waals surface area (Å²) in [5.41, 5.74) is 0.565. The Labute approximate surface area is 209 Å². The van der Waals surface area contributed by atoms with E-state index in [-0.39, 0.29) is 30.1 Å². The molecule has 1 aliphatic rings. The van der Waals surface area contributed by atoms with Crippen LogP contribution in [0, 0.1) is 0 Å². The number of amides is 1. The van der Waals surface area contributed by atoms with E-state index in [0.29, 0.717) is 19.6 Å². The van der Waals surface area contributed by atoms with Crippen LogP contribution in [-0.2, 0) is 16.0 Å². The summed E-state index contributed by atoms with van der Waals surface area (Å²) < 4.78 is 10.8. The molecule has 2 heterocycles. The number of guanidine groups is 1. The molecule has 0 spiro atoms. The maximum Gasteiger partial charge on any atom is 0.407 e. The van der Waals surface area contributed by atoms with Crippen molar-refractivity contribution >= 4 is 41.8 Å². The van der Waals surface area contributed by atoms with Gasteiger partial charge < -0.3 is 30.3 Å². The van der Waals surface area contributed by atoms with E-state index in [1.807, 2.05) is 40.0 Å². The smallest absolute Gasteiger partial charge is 0.407 e. The first-order chi connectivity index (χ1) is 14.8. The zero-order valence-corrected chi connectivity index (χ0v) is 22.3. The van der Waals surface area contributed by atoms with Crippen molar-refractivity contribution in [1.29, 1.82) is 0 Å². The van der Waals surface area contributed by atoms with Crippen LogP contribution in [0.15, 0.2) is 23.3 Å². The molecule has 2 rings (SSSR count). The van der Waals surface area contributed by atoms with Gasteiger partial charge in [-0.2, -0.15) is 0 Å². The number of carbonyl (C=O) groups excluding carboxylic acids is 1. The van der Waals surface area contributed by atoms with Gasteiger partial charge in [0.05, 0.1) is 19.3 Å². The van der Waals surface area contributed by atoms with E-state index in [1.165, 1.54) is 0 Å². The van der Waals surface area contributed by atoms with E-state index in [1.54, 1.807) is 0 Å². The third kappa shape index (κ3) is 11.2. The molecule has 1 amide bonds. The molecule has 9 nitrogen and oxygen atoms in total. The summed E-state index contributed by atoms with van der Waals surface area (Å²) in [5, 5.41) is 9.28. The van der Waals surface area contributed by atoms with E-state index < -0.39 is 11.7 Å². The van der Waals surface area contributed by atoms with E-state index in [9.17, 15) is 4.79 Å². The van der Waals surface area contributed by atoms with Crippen LogP contribution in [0.1, 0.15) is 46.6 Å². The predicted molar refractivity (Wildman–Crippen MR) is 139 cm³/mol. The average molecular weight is 562 g/mol. The van der Waals surface area contributed by atoms with Crippen LogP contribution in [-0.4, -0.2) is 68.1 Å². The lowest BCUT2D eigenvalue weighted by Crippen LogP contribution is -2.41. The summed E-state index contributed by atoms with van der Waals surface area (Å²) in [6.07, 6.45) is 2.48. The van der Waals surface area contributed by atoms with Crippen molar-refractivity contribution < 1.29 is 14.3 Å². The molecule has 0 saturated carbocycles. The number of ether oxygens (including phenoxy) is 2. The van der Waals surface area contributed by atoms with E-state index >= 15 is 0 Å². The van der Waals surface area contributed by atoms with Gasteiger partial charge >= 0.3 is 6.09 Å². The minimum atomic E-state index is -0.485. The zero-order chi connectivity index (χ0) is 22.7. The van der Waals surface area contributed by atoms with Crippen molar-refractivity contribution in [1.82, 2.24) is 20.9 Å². The molecule has 1 aliphatic heterocycles. The van der Waals surface area contributed by atoms with Crippen LogP contribution < -0.4 is 20.9 Å². The second kappa shape index (κ2) is 14.4. The number of hydrogen-bond acceptors (Lipinski definition) is 6. The summed E-state index contributed by atoms with van der Waals surface area (Å²) in [6, 6.07) is 4.12. The lowest BCUT2D eigenvalue weighted by atomic mass is 10.2. The van der Waals surface area contributed by atoms with Crippen LogP contribution >= 0.6 is 24.0 Å². The maximum atomic E-state index is 11.7. The topological polar surface area (TPSA) is 100 Å². The summed E-state index contributed by atoms with van der Waals surface area (Å²) in [6.45, 7) is 14.7. The number of rotatable bonds is 8. The Bertz CT molecular complexity index is 709. The fourth-order valence-electron chi connectivity index (χ4n) is 3.04. The Morgan fingerprint density at radius 2 is 2.03 bits per heavy atom. The molecule has 0 radical (unpaired) electrons. The Kier molecular flexibility index (Phi) is 12.7. The summed E-state index contributed by atoms with van der Waals surface area (Å²) >= 11 is 0. The van der Waals surface area contributed by atoms with Gasteiger partial charge in [0.1, 0.15) is 11.4 Å². The van der Waals surface area contributed by atoms with Crippen molar-refractivity contribution in [3.8, 4) is 0 Å². The summed E-state index contributed by atoms with van der Waals surface area (Å²) in [4.78, 5) is 23.1. The van der Waals surface area contributed by atoms with Crippen LogP contribution in [0.3, 0.4) is 0 Å². The van der Waals surface area contributed by atoms with Gasteiger partial charge in [-0.25, -0.2) is 14.8 Å². The Hall–Kier alpha value is -1.82. The van der Waals surface area contributed by atoms with Gasteiger partial charge in [-0.1, -0.05) is 6.07 Å². The van der Waals surface area contributed by atoms with Gasteiger partial charge in [-0.3, -0.25) is 0 Å². The number of aliphatic imine (C=N–C) groups is 1. The fourth-order valence-corrected chi connectivity index (χ4v) is 3.04. The fraction of sp³-hybridized carbons (Fsp3) is 0.682. The highest BCUT2D eigenvalue weighted by molar-refractivity contribution is 14.0. The van der Waals surface area contributed by atoms with Crippen LogP contribution in [0.25, 0.3) is 0 Å². The summed E-state index contributed by atoms with van der Waals surface area (Å²) in [7, 11) is 0. The van der Waals surface area contributed by atoms with Crippen LogP contribution in [0.2, 0.25) is 0 Å². The highest BCUT2D eigenvalue weighted by Gasteiger charge is 2.17. The Balaban J connectivity index is 0.00000512.